The molecular formula is C13H16INO2S. The molecule has 0 saturated heterocycles. The van der Waals surface area contributed by atoms with E-state index in [1.165, 1.54) is 5.41 Å². The van der Waals surface area contributed by atoms with E-state index in [4.69, 9.17) is 0 Å². The number of rotatable bonds is 4. The second-order valence-electron chi connectivity index (χ2n) is 4.33. The lowest BCUT2D eigenvalue weighted by molar-refractivity contribution is 0.374. The number of hydrogen-bond acceptors (Lipinski definition) is 2. The van der Waals surface area contributed by atoms with Gasteiger partial charge in [0.05, 0.1) is 11.4 Å². The number of sulfonamides is 1. The van der Waals surface area contributed by atoms with Gasteiger partial charge in [-0.25, -0.2) is 8.42 Å². The standard InChI is InChI=1S/C13H16INO2S/c1-2-3-9-15-13(11-7-5-4-6-8-11)12(14)10-18(15,16)17/h4-8,10,13H,2-3,9H2,1H3. The van der Waals surface area contributed by atoms with Gasteiger partial charge in [0.2, 0.25) is 10.0 Å². The molecule has 1 heterocycles. The summed E-state index contributed by atoms with van der Waals surface area (Å²) in [7, 11) is -3.24. The number of benzene rings is 1. The van der Waals surface area contributed by atoms with E-state index in [-0.39, 0.29) is 6.04 Å². The maximum absolute atomic E-state index is 12.1. The molecule has 2 rings (SSSR count). The first-order valence-electron chi connectivity index (χ1n) is 6.00. The Morgan fingerprint density at radius 2 is 1.94 bits per heavy atom. The van der Waals surface area contributed by atoms with Crippen LogP contribution >= 0.6 is 22.6 Å². The van der Waals surface area contributed by atoms with E-state index >= 15 is 0 Å². The first-order valence-corrected chi connectivity index (χ1v) is 8.58. The lowest BCUT2D eigenvalue weighted by atomic mass is 10.1. The third-order valence-electron chi connectivity index (χ3n) is 2.98. The number of nitrogens with zero attached hydrogens (tertiary/aromatic N) is 1. The van der Waals surface area contributed by atoms with Gasteiger partial charge in [0.15, 0.2) is 0 Å². The van der Waals surface area contributed by atoms with Crippen LogP contribution in [0.5, 0.6) is 0 Å². The second kappa shape index (κ2) is 5.71. The molecule has 0 aliphatic carbocycles. The molecule has 0 spiro atoms. The highest BCUT2D eigenvalue weighted by molar-refractivity contribution is 14.1. The molecule has 1 aliphatic heterocycles. The van der Waals surface area contributed by atoms with Gasteiger partial charge < -0.3 is 0 Å². The first kappa shape index (κ1) is 14.0. The van der Waals surface area contributed by atoms with Crippen molar-refractivity contribution in [3.63, 3.8) is 0 Å². The van der Waals surface area contributed by atoms with Crippen LogP contribution in [0.3, 0.4) is 0 Å². The van der Waals surface area contributed by atoms with E-state index in [2.05, 4.69) is 29.5 Å². The third kappa shape index (κ3) is 2.78. The molecule has 5 heteroatoms. The summed E-state index contributed by atoms with van der Waals surface area (Å²) < 4.78 is 26.7. The molecule has 98 valence electrons. The lowest BCUT2D eigenvalue weighted by Crippen LogP contribution is -2.30. The molecule has 1 aromatic carbocycles. The number of unbranched alkanes of at least 4 members (excludes halogenated alkanes) is 1. The molecule has 0 N–H and O–H groups in total. The van der Waals surface area contributed by atoms with Crippen molar-refractivity contribution < 1.29 is 8.42 Å². The minimum absolute atomic E-state index is 0.136. The Bertz CT molecular complexity index is 539. The van der Waals surface area contributed by atoms with Gasteiger partial charge in [0.25, 0.3) is 0 Å². The smallest absolute Gasteiger partial charge is 0.207 e. The van der Waals surface area contributed by atoms with Crippen molar-refractivity contribution in [3.05, 3.63) is 44.9 Å². The summed E-state index contributed by atoms with van der Waals surface area (Å²) in [6, 6.07) is 9.67. The van der Waals surface area contributed by atoms with Crippen LogP contribution in [0.1, 0.15) is 31.4 Å². The van der Waals surface area contributed by atoms with Crippen LogP contribution in [0.2, 0.25) is 0 Å². The van der Waals surface area contributed by atoms with Crippen LogP contribution in [0.25, 0.3) is 0 Å². The Hall–Kier alpha value is -0.400. The van der Waals surface area contributed by atoms with Crippen LogP contribution in [0.15, 0.2) is 39.3 Å². The molecule has 0 aromatic heterocycles. The molecule has 18 heavy (non-hydrogen) atoms. The van der Waals surface area contributed by atoms with Gasteiger partial charge >= 0.3 is 0 Å². The summed E-state index contributed by atoms with van der Waals surface area (Å²) >= 11 is 2.13. The van der Waals surface area contributed by atoms with Crippen LogP contribution in [0.4, 0.5) is 0 Å². The Balaban J connectivity index is 2.35. The summed E-state index contributed by atoms with van der Waals surface area (Å²) in [5.41, 5.74) is 1.04. The van der Waals surface area contributed by atoms with E-state index < -0.39 is 10.0 Å². The maximum Gasteiger partial charge on any atom is 0.237 e. The zero-order valence-electron chi connectivity index (χ0n) is 10.2. The summed E-state index contributed by atoms with van der Waals surface area (Å²) in [5.74, 6) is 0. The van der Waals surface area contributed by atoms with Gasteiger partial charge in [-0.3, -0.25) is 0 Å². The van der Waals surface area contributed by atoms with Gasteiger partial charge in [-0.15, -0.1) is 0 Å². The number of halogens is 1. The summed E-state index contributed by atoms with van der Waals surface area (Å²) in [6.45, 7) is 2.65. The van der Waals surface area contributed by atoms with Gasteiger partial charge in [-0.05, 0) is 34.6 Å². The molecular weight excluding hydrogens is 361 g/mol. The van der Waals surface area contributed by atoms with E-state index in [9.17, 15) is 8.42 Å². The summed E-state index contributed by atoms with van der Waals surface area (Å²) in [5, 5.41) is 1.39. The van der Waals surface area contributed by atoms with Crippen molar-refractivity contribution in [3.8, 4) is 0 Å². The Labute approximate surface area is 122 Å². The molecule has 1 aliphatic rings. The fraction of sp³-hybridized carbons (Fsp3) is 0.385. The molecule has 1 aromatic rings. The highest BCUT2D eigenvalue weighted by Gasteiger charge is 2.37. The van der Waals surface area contributed by atoms with Crippen LogP contribution in [-0.4, -0.2) is 19.3 Å². The molecule has 0 radical (unpaired) electrons. The average Bonchev–Trinajstić information content (AvgIpc) is 2.57. The lowest BCUT2D eigenvalue weighted by Gasteiger charge is -2.24. The van der Waals surface area contributed by atoms with Gasteiger partial charge in [-0.2, -0.15) is 4.31 Å². The zero-order valence-corrected chi connectivity index (χ0v) is 13.2. The Morgan fingerprint density at radius 3 is 2.56 bits per heavy atom. The molecule has 0 amide bonds. The SMILES string of the molecule is CCCCN1C(c2ccccc2)C(I)=CS1(=O)=O. The quantitative estimate of drug-likeness (QED) is 0.754. The maximum atomic E-state index is 12.1. The van der Waals surface area contributed by atoms with Gasteiger partial charge in [0, 0.05) is 10.1 Å². The van der Waals surface area contributed by atoms with Crippen LogP contribution in [-0.2, 0) is 10.0 Å². The highest BCUT2D eigenvalue weighted by atomic mass is 127. The Morgan fingerprint density at radius 1 is 1.28 bits per heavy atom. The van der Waals surface area contributed by atoms with E-state index in [1.807, 2.05) is 30.3 Å². The van der Waals surface area contributed by atoms with Gasteiger partial charge in [-0.1, -0.05) is 43.7 Å². The minimum atomic E-state index is -3.24. The van der Waals surface area contributed by atoms with E-state index in [0.29, 0.717) is 6.54 Å². The molecule has 1 unspecified atom stereocenters. The molecule has 3 nitrogen and oxygen atoms in total. The minimum Gasteiger partial charge on any atom is -0.207 e. The Kier molecular flexibility index (Phi) is 4.45. The monoisotopic (exact) mass is 377 g/mol. The first-order chi connectivity index (χ1) is 8.56. The number of hydrogen-bond donors (Lipinski definition) is 0. The zero-order chi connectivity index (χ0) is 13.2. The largest absolute Gasteiger partial charge is 0.237 e. The van der Waals surface area contributed by atoms with Gasteiger partial charge in [0.1, 0.15) is 0 Å². The predicted octanol–water partition coefficient (Wildman–Crippen LogP) is 3.45. The predicted molar refractivity (Wildman–Crippen MR) is 81.8 cm³/mol. The van der Waals surface area contributed by atoms with Crippen molar-refractivity contribution in [2.24, 2.45) is 0 Å². The third-order valence-corrected chi connectivity index (χ3v) is 5.91. The highest BCUT2D eigenvalue weighted by Crippen LogP contribution is 2.41. The van der Waals surface area contributed by atoms with Crippen molar-refractivity contribution in [1.82, 2.24) is 4.31 Å². The molecule has 0 saturated carbocycles. The molecule has 0 fully saturated rings. The summed E-state index contributed by atoms with van der Waals surface area (Å²) in [4.78, 5) is 0. The van der Waals surface area contributed by atoms with Crippen molar-refractivity contribution in [2.45, 2.75) is 25.8 Å². The van der Waals surface area contributed by atoms with Crippen molar-refractivity contribution in [1.29, 1.82) is 0 Å². The van der Waals surface area contributed by atoms with Crippen molar-refractivity contribution in [2.75, 3.05) is 6.54 Å². The van der Waals surface area contributed by atoms with Crippen molar-refractivity contribution >= 4 is 32.6 Å². The fourth-order valence-electron chi connectivity index (χ4n) is 2.09. The molecule has 1 atom stereocenters. The fourth-order valence-corrected chi connectivity index (χ4v) is 5.40. The normalized spacial score (nSPS) is 23.0. The van der Waals surface area contributed by atoms with E-state index in [0.717, 1.165) is 22.0 Å². The van der Waals surface area contributed by atoms with Crippen LogP contribution < -0.4 is 0 Å². The summed E-state index contributed by atoms with van der Waals surface area (Å²) in [6.07, 6.45) is 1.88. The van der Waals surface area contributed by atoms with Crippen LogP contribution in [0, 0.1) is 0 Å². The second-order valence-corrected chi connectivity index (χ2v) is 7.31. The average molecular weight is 377 g/mol. The van der Waals surface area contributed by atoms with E-state index in [1.54, 1.807) is 4.31 Å². The topological polar surface area (TPSA) is 37.4 Å². The molecule has 0 bridgehead atoms.